The van der Waals surface area contributed by atoms with Crippen molar-refractivity contribution in [3.8, 4) is 11.3 Å². The molecule has 0 atom stereocenters. The van der Waals surface area contributed by atoms with Gasteiger partial charge in [-0.1, -0.05) is 54.1 Å². The fourth-order valence-corrected chi connectivity index (χ4v) is 4.53. The molecule has 2 heterocycles. The minimum absolute atomic E-state index is 0.0526. The summed E-state index contributed by atoms with van der Waals surface area (Å²) < 4.78 is 1.76. The SMILES string of the molecule is O=C1CSc2ccc(NC(=O)c3cn(Cc4ccccc4)nc3-c3ccc(Cl)cc3)cc2N1. The zero-order chi connectivity index (χ0) is 22.8. The number of halogens is 1. The predicted octanol–water partition coefficient (Wildman–Crippen LogP) is 5.55. The Hall–Kier alpha value is -3.55. The van der Waals surface area contributed by atoms with Crippen molar-refractivity contribution in [3.05, 3.63) is 95.1 Å². The Morgan fingerprint density at radius 3 is 2.67 bits per heavy atom. The number of fused-ring (bicyclic) bond motifs is 1. The first kappa shape index (κ1) is 21.3. The Labute approximate surface area is 200 Å². The van der Waals surface area contributed by atoms with E-state index in [-0.39, 0.29) is 11.8 Å². The van der Waals surface area contributed by atoms with Crippen molar-refractivity contribution < 1.29 is 9.59 Å². The predicted molar refractivity (Wildman–Crippen MR) is 132 cm³/mol. The van der Waals surface area contributed by atoms with Gasteiger partial charge in [-0.25, -0.2) is 0 Å². The third kappa shape index (κ3) is 4.79. The van der Waals surface area contributed by atoms with Crippen molar-refractivity contribution in [2.24, 2.45) is 0 Å². The van der Waals surface area contributed by atoms with E-state index in [4.69, 9.17) is 16.7 Å². The molecule has 0 unspecified atom stereocenters. The fourth-order valence-electron chi connectivity index (χ4n) is 3.62. The van der Waals surface area contributed by atoms with Gasteiger partial charge < -0.3 is 10.6 Å². The molecule has 0 fully saturated rings. The van der Waals surface area contributed by atoms with E-state index in [2.05, 4.69) is 10.6 Å². The summed E-state index contributed by atoms with van der Waals surface area (Å²) in [5.41, 5.74) is 4.19. The first-order valence-corrected chi connectivity index (χ1v) is 11.7. The molecule has 8 heteroatoms. The quantitative estimate of drug-likeness (QED) is 0.397. The van der Waals surface area contributed by atoms with Gasteiger partial charge in [-0.05, 0) is 35.9 Å². The highest BCUT2D eigenvalue weighted by atomic mass is 35.5. The number of anilines is 2. The molecule has 2 amide bonds. The Kier molecular flexibility index (Phi) is 5.90. The van der Waals surface area contributed by atoms with Crippen molar-refractivity contribution in [3.63, 3.8) is 0 Å². The van der Waals surface area contributed by atoms with Gasteiger partial charge in [-0.3, -0.25) is 14.3 Å². The summed E-state index contributed by atoms with van der Waals surface area (Å²) >= 11 is 7.53. The number of carbonyl (C=O) groups excluding carboxylic acids is 2. The number of nitrogens with zero attached hydrogens (tertiary/aromatic N) is 2. The third-order valence-electron chi connectivity index (χ3n) is 5.18. The number of thioether (sulfide) groups is 1. The molecule has 1 aromatic heterocycles. The van der Waals surface area contributed by atoms with Gasteiger partial charge >= 0.3 is 0 Å². The van der Waals surface area contributed by atoms with Gasteiger partial charge in [-0.2, -0.15) is 5.10 Å². The topological polar surface area (TPSA) is 76.0 Å². The van der Waals surface area contributed by atoms with Crippen LogP contribution in [0, 0.1) is 0 Å². The third-order valence-corrected chi connectivity index (χ3v) is 6.51. The summed E-state index contributed by atoms with van der Waals surface area (Å²) in [6.07, 6.45) is 1.75. The van der Waals surface area contributed by atoms with Crippen molar-refractivity contribution >= 4 is 46.6 Å². The number of hydrogen-bond acceptors (Lipinski definition) is 4. The lowest BCUT2D eigenvalue weighted by molar-refractivity contribution is -0.113. The normalized spacial score (nSPS) is 12.7. The standard InChI is InChI=1S/C25H19ClN4O2S/c26-18-8-6-17(7-9-18)24-20(14-30(29-24)13-16-4-2-1-3-5-16)25(32)27-19-10-11-22-21(12-19)28-23(31)15-33-22/h1-12,14H,13,15H2,(H,27,32)(H,28,31). The maximum Gasteiger partial charge on any atom is 0.259 e. The van der Waals surface area contributed by atoms with E-state index in [0.29, 0.717) is 40.0 Å². The van der Waals surface area contributed by atoms with Crippen LogP contribution in [-0.2, 0) is 11.3 Å². The van der Waals surface area contributed by atoms with Crippen molar-refractivity contribution in [2.75, 3.05) is 16.4 Å². The second kappa shape index (κ2) is 9.13. The summed E-state index contributed by atoms with van der Waals surface area (Å²) in [7, 11) is 0. The molecule has 2 N–H and O–H groups in total. The highest BCUT2D eigenvalue weighted by Gasteiger charge is 2.20. The van der Waals surface area contributed by atoms with Crippen LogP contribution in [0.1, 0.15) is 15.9 Å². The highest BCUT2D eigenvalue weighted by Crippen LogP contribution is 2.34. The molecule has 1 aliphatic heterocycles. The van der Waals surface area contributed by atoms with Crippen LogP contribution in [0.25, 0.3) is 11.3 Å². The Balaban J connectivity index is 1.46. The first-order valence-electron chi connectivity index (χ1n) is 10.3. The van der Waals surface area contributed by atoms with Crippen LogP contribution in [0.2, 0.25) is 5.02 Å². The van der Waals surface area contributed by atoms with Crippen LogP contribution in [0.4, 0.5) is 11.4 Å². The monoisotopic (exact) mass is 474 g/mol. The molecule has 0 spiro atoms. The van der Waals surface area contributed by atoms with E-state index >= 15 is 0 Å². The Morgan fingerprint density at radius 2 is 1.88 bits per heavy atom. The zero-order valence-corrected chi connectivity index (χ0v) is 19.0. The molecule has 3 aromatic carbocycles. The van der Waals surface area contributed by atoms with Gasteiger partial charge in [0.05, 0.1) is 23.5 Å². The van der Waals surface area contributed by atoms with Gasteiger partial charge in [0, 0.05) is 27.4 Å². The lowest BCUT2D eigenvalue weighted by Crippen LogP contribution is -2.19. The van der Waals surface area contributed by atoms with Crippen molar-refractivity contribution in [1.82, 2.24) is 9.78 Å². The van der Waals surface area contributed by atoms with E-state index in [9.17, 15) is 9.59 Å². The molecule has 33 heavy (non-hydrogen) atoms. The molecule has 1 aliphatic rings. The molecule has 0 bridgehead atoms. The van der Waals surface area contributed by atoms with Gasteiger partial charge in [0.25, 0.3) is 5.91 Å². The number of carbonyl (C=O) groups is 2. The molecule has 5 rings (SSSR count). The van der Waals surface area contributed by atoms with Gasteiger partial charge in [0.2, 0.25) is 5.91 Å². The smallest absolute Gasteiger partial charge is 0.259 e. The van der Waals surface area contributed by atoms with E-state index in [0.717, 1.165) is 16.0 Å². The minimum atomic E-state index is -0.283. The minimum Gasteiger partial charge on any atom is -0.324 e. The maximum absolute atomic E-state index is 13.3. The van der Waals surface area contributed by atoms with Gasteiger partial charge in [-0.15, -0.1) is 11.8 Å². The summed E-state index contributed by atoms with van der Waals surface area (Å²) in [5.74, 6) is 0.0567. The number of aromatic nitrogens is 2. The number of rotatable bonds is 5. The van der Waals surface area contributed by atoms with Crippen LogP contribution in [0.3, 0.4) is 0 Å². The van der Waals surface area contributed by atoms with E-state index in [1.54, 1.807) is 29.1 Å². The average molecular weight is 475 g/mol. The lowest BCUT2D eigenvalue weighted by Gasteiger charge is -2.17. The van der Waals surface area contributed by atoms with Crippen LogP contribution in [0.15, 0.2) is 83.9 Å². The molecule has 0 saturated heterocycles. The molecular weight excluding hydrogens is 456 g/mol. The molecular formula is C25H19ClN4O2S. The molecule has 164 valence electrons. The Bertz CT molecular complexity index is 1340. The van der Waals surface area contributed by atoms with Crippen molar-refractivity contribution in [1.29, 1.82) is 0 Å². The number of hydrogen-bond donors (Lipinski definition) is 2. The highest BCUT2D eigenvalue weighted by molar-refractivity contribution is 8.00. The molecule has 4 aromatic rings. The van der Waals surface area contributed by atoms with Crippen LogP contribution in [-0.4, -0.2) is 27.3 Å². The summed E-state index contributed by atoms with van der Waals surface area (Å²) in [5, 5.41) is 11.1. The Morgan fingerprint density at radius 1 is 1.09 bits per heavy atom. The average Bonchev–Trinajstić information content (AvgIpc) is 3.24. The van der Waals surface area contributed by atoms with Crippen molar-refractivity contribution in [2.45, 2.75) is 11.4 Å². The lowest BCUT2D eigenvalue weighted by atomic mass is 10.1. The first-order chi connectivity index (χ1) is 16.0. The molecule has 6 nitrogen and oxygen atoms in total. The zero-order valence-electron chi connectivity index (χ0n) is 17.4. The molecule has 0 aliphatic carbocycles. The van der Waals surface area contributed by atoms with Gasteiger partial charge in [0.1, 0.15) is 5.69 Å². The van der Waals surface area contributed by atoms with E-state index < -0.39 is 0 Å². The van der Waals surface area contributed by atoms with E-state index in [1.165, 1.54) is 11.8 Å². The second-order valence-electron chi connectivity index (χ2n) is 7.58. The maximum atomic E-state index is 13.3. The van der Waals surface area contributed by atoms with Crippen LogP contribution >= 0.6 is 23.4 Å². The fraction of sp³-hybridized carbons (Fsp3) is 0.0800. The number of nitrogens with one attached hydrogen (secondary N) is 2. The number of amides is 2. The van der Waals surface area contributed by atoms with Crippen LogP contribution in [0.5, 0.6) is 0 Å². The molecule has 0 saturated carbocycles. The second-order valence-corrected chi connectivity index (χ2v) is 9.04. The molecule has 0 radical (unpaired) electrons. The van der Waals surface area contributed by atoms with E-state index in [1.807, 2.05) is 54.6 Å². The van der Waals surface area contributed by atoms with Crippen LogP contribution < -0.4 is 10.6 Å². The summed E-state index contributed by atoms with van der Waals surface area (Å²) in [6.45, 7) is 0.539. The summed E-state index contributed by atoms with van der Waals surface area (Å²) in [6, 6.07) is 22.7. The van der Waals surface area contributed by atoms with Gasteiger partial charge in [0.15, 0.2) is 0 Å². The number of benzene rings is 3. The summed E-state index contributed by atoms with van der Waals surface area (Å²) in [4.78, 5) is 26.0. The largest absolute Gasteiger partial charge is 0.324 e.